The fraction of sp³-hybridized carbons (Fsp3) is 0.583. The van der Waals surface area contributed by atoms with E-state index in [9.17, 15) is 0 Å². The smallest absolute Gasteiger partial charge is 0.0568 e. The molecule has 0 radical (unpaired) electrons. The Bertz CT molecular complexity index is 262. The third-order valence-electron chi connectivity index (χ3n) is 2.32. The zero-order chi connectivity index (χ0) is 10.6. The average Bonchev–Trinajstić information content (AvgIpc) is 2.15. The number of hydrogen-bond acceptors (Lipinski definition) is 2. The van der Waals surface area contributed by atoms with Crippen molar-refractivity contribution in [3.8, 4) is 0 Å². The van der Waals surface area contributed by atoms with Gasteiger partial charge in [-0.15, -0.1) is 0 Å². The van der Waals surface area contributed by atoms with Crippen molar-refractivity contribution in [2.24, 2.45) is 11.7 Å². The lowest BCUT2D eigenvalue weighted by Crippen LogP contribution is -2.07. The molecule has 0 fully saturated rings. The maximum atomic E-state index is 5.72. The van der Waals surface area contributed by atoms with E-state index in [1.807, 2.05) is 19.2 Å². The molecule has 0 saturated heterocycles. The van der Waals surface area contributed by atoms with Gasteiger partial charge in [0.05, 0.1) is 5.69 Å². The van der Waals surface area contributed by atoms with E-state index in [0.717, 1.165) is 18.0 Å². The van der Waals surface area contributed by atoms with Crippen LogP contribution >= 0.6 is 0 Å². The van der Waals surface area contributed by atoms with Crippen LogP contribution in [-0.4, -0.2) is 4.98 Å². The second kappa shape index (κ2) is 5.11. The molecule has 0 aliphatic heterocycles. The van der Waals surface area contributed by atoms with Gasteiger partial charge in [-0.05, 0) is 37.3 Å². The van der Waals surface area contributed by atoms with Crippen molar-refractivity contribution >= 4 is 0 Å². The first-order valence-electron chi connectivity index (χ1n) is 5.30. The molecule has 0 bridgehead atoms. The Morgan fingerprint density at radius 3 is 2.43 bits per heavy atom. The molecule has 0 saturated carbocycles. The molecule has 1 atom stereocenters. The molecule has 0 aliphatic carbocycles. The second-order valence-corrected chi connectivity index (χ2v) is 4.31. The molecule has 14 heavy (non-hydrogen) atoms. The summed E-state index contributed by atoms with van der Waals surface area (Å²) in [5, 5.41) is 0. The summed E-state index contributed by atoms with van der Waals surface area (Å²) in [4.78, 5) is 4.33. The van der Waals surface area contributed by atoms with Crippen LogP contribution in [0.1, 0.15) is 44.5 Å². The number of nitrogens with two attached hydrogens (primary N) is 1. The van der Waals surface area contributed by atoms with Gasteiger partial charge >= 0.3 is 0 Å². The zero-order valence-electron chi connectivity index (χ0n) is 9.33. The largest absolute Gasteiger partial charge is 0.323 e. The van der Waals surface area contributed by atoms with Gasteiger partial charge in [-0.2, -0.15) is 0 Å². The predicted octanol–water partition coefficient (Wildman–Crippen LogP) is 2.69. The third kappa shape index (κ3) is 3.46. The molecule has 1 aromatic rings. The van der Waals surface area contributed by atoms with Crippen molar-refractivity contribution < 1.29 is 0 Å². The summed E-state index contributed by atoms with van der Waals surface area (Å²) in [6.45, 7) is 6.43. The molecule has 1 rings (SSSR count). The minimum atomic E-state index is 0.0362. The molecular weight excluding hydrogens is 172 g/mol. The van der Waals surface area contributed by atoms with E-state index in [4.69, 9.17) is 5.73 Å². The monoisotopic (exact) mass is 192 g/mol. The summed E-state index contributed by atoms with van der Waals surface area (Å²) in [7, 11) is 0. The number of aromatic nitrogens is 1. The molecule has 0 aliphatic rings. The average molecular weight is 192 g/mol. The van der Waals surface area contributed by atoms with E-state index in [-0.39, 0.29) is 6.04 Å². The highest BCUT2D eigenvalue weighted by Crippen LogP contribution is 2.11. The fourth-order valence-electron chi connectivity index (χ4n) is 1.31. The van der Waals surface area contributed by atoms with Crippen molar-refractivity contribution in [2.75, 3.05) is 0 Å². The third-order valence-corrected chi connectivity index (χ3v) is 2.32. The minimum absolute atomic E-state index is 0.0362. The van der Waals surface area contributed by atoms with Crippen LogP contribution in [0, 0.1) is 5.92 Å². The van der Waals surface area contributed by atoms with Gasteiger partial charge in [0, 0.05) is 12.2 Å². The SMILES string of the molecule is CC(C)CCc1ccc(C(C)N)nc1. The summed E-state index contributed by atoms with van der Waals surface area (Å²) >= 11 is 0. The van der Waals surface area contributed by atoms with Gasteiger partial charge in [-0.3, -0.25) is 4.98 Å². The number of pyridine rings is 1. The van der Waals surface area contributed by atoms with Gasteiger partial charge < -0.3 is 5.73 Å². The quantitative estimate of drug-likeness (QED) is 0.796. The summed E-state index contributed by atoms with van der Waals surface area (Å²) in [5.41, 5.74) is 8.00. The molecule has 2 nitrogen and oxygen atoms in total. The Labute approximate surface area is 86.5 Å². The highest BCUT2D eigenvalue weighted by molar-refractivity contribution is 5.15. The molecule has 2 N–H and O–H groups in total. The first-order chi connectivity index (χ1) is 6.59. The lowest BCUT2D eigenvalue weighted by molar-refractivity contribution is 0.585. The van der Waals surface area contributed by atoms with E-state index < -0.39 is 0 Å². The van der Waals surface area contributed by atoms with E-state index in [0.29, 0.717) is 0 Å². The maximum absolute atomic E-state index is 5.72. The summed E-state index contributed by atoms with van der Waals surface area (Å²) in [5.74, 6) is 0.753. The molecule has 2 heteroatoms. The van der Waals surface area contributed by atoms with Gasteiger partial charge in [0.2, 0.25) is 0 Å². The first-order valence-corrected chi connectivity index (χ1v) is 5.30. The molecule has 78 valence electrons. The molecule has 1 heterocycles. The van der Waals surface area contributed by atoms with Crippen LogP contribution in [0.15, 0.2) is 18.3 Å². The molecule has 1 aromatic heterocycles. The lowest BCUT2D eigenvalue weighted by atomic mass is 10.0. The van der Waals surface area contributed by atoms with Crippen molar-refractivity contribution in [3.63, 3.8) is 0 Å². The Morgan fingerprint density at radius 1 is 1.29 bits per heavy atom. The van der Waals surface area contributed by atoms with Gasteiger partial charge in [-0.1, -0.05) is 19.9 Å². The number of nitrogens with zero attached hydrogens (tertiary/aromatic N) is 1. The van der Waals surface area contributed by atoms with Crippen molar-refractivity contribution in [3.05, 3.63) is 29.6 Å². The second-order valence-electron chi connectivity index (χ2n) is 4.31. The van der Waals surface area contributed by atoms with Crippen LogP contribution in [0.4, 0.5) is 0 Å². The Balaban J connectivity index is 2.55. The highest BCUT2D eigenvalue weighted by atomic mass is 14.8. The van der Waals surface area contributed by atoms with E-state index in [1.54, 1.807) is 0 Å². The van der Waals surface area contributed by atoms with Crippen LogP contribution in [0.2, 0.25) is 0 Å². The van der Waals surface area contributed by atoms with E-state index >= 15 is 0 Å². The van der Waals surface area contributed by atoms with Gasteiger partial charge in [-0.25, -0.2) is 0 Å². The highest BCUT2D eigenvalue weighted by Gasteiger charge is 2.01. The molecule has 0 aromatic carbocycles. The zero-order valence-corrected chi connectivity index (χ0v) is 9.33. The molecule has 0 amide bonds. The lowest BCUT2D eigenvalue weighted by Gasteiger charge is -2.07. The minimum Gasteiger partial charge on any atom is -0.323 e. The van der Waals surface area contributed by atoms with Gasteiger partial charge in [0.25, 0.3) is 0 Å². The Kier molecular flexibility index (Phi) is 4.08. The summed E-state index contributed by atoms with van der Waals surface area (Å²) < 4.78 is 0. The predicted molar refractivity (Wildman–Crippen MR) is 60.0 cm³/mol. The number of hydrogen-bond donors (Lipinski definition) is 1. The maximum Gasteiger partial charge on any atom is 0.0568 e. The molecule has 1 unspecified atom stereocenters. The fourth-order valence-corrected chi connectivity index (χ4v) is 1.31. The van der Waals surface area contributed by atoms with Crippen molar-refractivity contribution in [2.45, 2.75) is 39.7 Å². The van der Waals surface area contributed by atoms with Gasteiger partial charge in [0.15, 0.2) is 0 Å². The molecule has 0 spiro atoms. The van der Waals surface area contributed by atoms with Gasteiger partial charge in [0.1, 0.15) is 0 Å². The van der Waals surface area contributed by atoms with E-state index in [2.05, 4.69) is 24.9 Å². The van der Waals surface area contributed by atoms with Crippen LogP contribution in [0.3, 0.4) is 0 Å². The van der Waals surface area contributed by atoms with Crippen LogP contribution < -0.4 is 5.73 Å². The van der Waals surface area contributed by atoms with Crippen LogP contribution in [0.5, 0.6) is 0 Å². The number of rotatable bonds is 4. The van der Waals surface area contributed by atoms with Crippen molar-refractivity contribution in [1.29, 1.82) is 0 Å². The van der Waals surface area contributed by atoms with Crippen LogP contribution in [-0.2, 0) is 6.42 Å². The standard InChI is InChI=1S/C12H20N2/c1-9(2)4-5-11-6-7-12(10(3)13)14-8-11/h6-10H,4-5,13H2,1-3H3. The Morgan fingerprint density at radius 2 is 2.00 bits per heavy atom. The Hall–Kier alpha value is -0.890. The molecular formula is C12H20N2. The number of aryl methyl sites for hydroxylation is 1. The summed E-state index contributed by atoms with van der Waals surface area (Å²) in [6.07, 6.45) is 4.28. The van der Waals surface area contributed by atoms with E-state index in [1.165, 1.54) is 12.0 Å². The normalized spacial score (nSPS) is 13.2. The first kappa shape index (κ1) is 11.2. The van der Waals surface area contributed by atoms with Crippen LogP contribution in [0.25, 0.3) is 0 Å². The van der Waals surface area contributed by atoms with Crippen molar-refractivity contribution in [1.82, 2.24) is 4.98 Å². The summed E-state index contributed by atoms with van der Waals surface area (Å²) in [6, 6.07) is 4.20. The topological polar surface area (TPSA) is 38.9 Å².